The molecule has 0 bridgehead atoms. The molecule has 1 aromatic rings. The molecule has 4 nitrogen and oxygen atoms in total. The minimum absolute atomic E-state index is 0.146. The number of hydrogen-bond donors (Lipinski definition) is 0. The Morgan fingerprint density at radius 3 is 2.84 bits per heavy atom. The SMILES string of the molecule is CCCc1ccn(C2OC(CCC)CC2C)c(=O)n1. The normalized spacial score (nSPS) is 26.8. The number of hydrogen-bond acceptors (Lipinski definition) is 3. The van der Waals surface area contributed by atoms with Crippen LogP contribution < -0.4 is 5.69 Å². The molecule has 0 N–H and O–H groups in total. The second-order valence-corrected chi connectivity index (χ2v) is 5.51. The monoisotopic (exact) mass is 264 g/mol. The zero-order valence-electron chi connectivity index (χ0n) is 12.1. The van der Waals surface area contributed by atoms with Gasteiger partial charge in [0.05, 0.1) is 6.10 Å². The molecule has 0 amide bonds. The number of nitrogens with zero attached hydrogens (tertiary/aromatic N) is 2. The standard InChI is InChI=1S/C15H24N2O2/c1-4-6-12-8-9-17(15(18)16-12)14-11(3)10-13(19-14)7-5-2/h8-9,11,13-14H,4-7,10H2,1-3H3. The zero-order valence-corrected chi connectivity index (χ0v) is 12.1. The minimum Gasteiger partial charge on any atom is -0.354 e. The Hall–Kier alpha value is -1.16. The lowest BCUT2D eigenvalue weighted by atomic mass is 10.0. The van der Waals surface area contributed by atoms with E-state index in [0.717, 1.165) is 37.8 Å². The van der Waals surface area contributed by atoms with Gasteiger partial charge in [-0.25, -0.2) is 4.79 Å². The van der Waals surface area contributed by atoms with E-state index in [-0.39, 0.29) is 18.0 Å². The third-order valence-electron chi connectivity index (χ3n) is 3.73. The van der Waals surface area contributed by atoms with Gasteiger partial charge in [-0.15, -0.1) is 0 Å². The van der Waals surface area contributed by atoms with Crippen LogP contribution in [0.1, 0.15) is 58.4 Å². The summed E-state index contributed by atoms with van der Waals surface area (Å²) in [7, 11) is 0. The van der Waals surface area contributed by atoms with Gasteiger partial charge in [0.25, 0.3) is 0 Å². The number of ether oxygens (including phenoxy) is 1. The molecule has 4 heteroatoms. The highest BCUT2D eigenvalue weighted by Crippen LogP contribution is 2.34. The first-order chi connectivity index (χ1) is 9.15. The Bertz CT molecular complexity index is 469. The van der Waals surface area contributed by atoms with E-state index in [1.54, 1.807) is 4.57 Å². The average Bonchev–Trinajstić information content (AvgIpc) is 2.71. The highest BCUT2D eigenvalue weighted by atomic mass is 16.5. The van der Waals surface area contributed by atoms with E-state index < -0.39 is 0 Å². The van der Waals surface area contributed by atoms with Crippen LogP contribution >= 0.6 is 0 Å². The van der Waals surface area contributed by atoms with Crippen molar-refractivity contribution in [1.29, 1.82) is 0 Å². The van der Waals surface area contributed by atoms with Crippen LogP contribution in [0, 0.1) is 5.92 Å². The van der Waals surface area contributed by atoms with Gasteiger partial charge in [0, 0.05) is 17.8 Å². The maximum atomic E-state index is 12.1. The summed E-state index contributed by atoms with van der Waals surface area (Å²) in [6, 6.07) is 1.94. The van der Waals surface area contributed by atoms with Gasteiger partial charge in [0.15, 0.2) is 0 Å². The molecule has 2 rings (SSSR count). The van der Waals surface area contributed by atoms with Crippen LogP contribution in [-0.4, -0.2) is 15.7 Å². The molecular weight excluding hydrogens is 240 g/mol. The quantitative estimate of drug-likeness (QED) is 0.821. The molecule has 19 heavy (non-hydrogen) atoms. The fraction of sp³-hybridized carbons (Fsp3) is 0.733. The van der Waals surface area contributed by atoms with Crippen molar-refractivity contribution in [2.24, 2.45) is 5.92 Å². The van der Waals surface area contributed by atoms with Gasteiger partial charge in [-0.05, 0) is 25.3 Å². The third kappa shape index (κ3) is 3.24. The van der Waals surface area contributed by atoms with Crippen molar-refractivity contribution in [2.45, 2.75) is 65.2 Å². The fourth-order valence-electron chi connectivity index (χ4n) is 2.80. The molecule has 106 valence electrons. The van der Waals surface area contributed by atoms with Crippen molar-refractivity contribution >= 4 is 0 Å². The summed E-state index contributed by atoms with van der Waals surface area (Å²) in [4.78, 5) is 16.2. The molecule has 0 aliphatic carbocycles. The largest absolute Gasteiger partial charge is 0.354 e. The van der Waals surface area contributed by atoms with E-state index in [9.17, 15) is 4.79 Å². The van der Waals surface area contributed by atoms with Gasteiger partial charge in [-0.1, -0.05) is 33.6 Å². The molecule has 0 saturated carbocycles. The molecule has 0 spiro atoms. The summed E-state index contributed by atoms with van der Waals surface area (Å²) >= 11 is 0. The van der Waals surface area contributed by atoms with Crippen LogP contribution in [0.5, 0.6) is 0 Å². The van der Waals surface area contributed by atoms with Gasteiger partial charge in [-0.3, -0.25) is 4.57 Å². The number of rotatable bonds is 5. The summed E-state index contributed by atoms with van der Waals surface area (Å²) in [5.41, 5.74) is 0.694. The van der Waals surface area contributed by atoms with Crippen LogP contribution in [-0.2, 0) is 11.2 Å². The first-order valence-electron chi connectivity index (χ1n) is 7.39. The van der Waals surface area contributed by atoms with Gasteiger partial charge >= 0.3 is 5.69 Å². The lowest BCUT2D eigenvalue weighted by Gasteiger charge is -2.18. The summed E-state index contributed by atoms with van der Waals surface area (Å²) in [5, 5.41) is 0. The van der Waals surface area contributed by atoms with Crippen molar-refractivity contribution < 1.29 is 4.74 Å². The second-order valence-electron chi connectivity index (χ2n) is 5.51. The number of aryl methyl sites for hydroxylation is 1. The predicted molar refractivity (Wildman–Crippen MR) is 75.1 cm³/mol. The van der Waals surface area contributed by atoms with Crippen LogP contribution in [0.25, 0.3) is 0 Å². The van der Waals surface area contributed by atoms with Crippen molar-refractivity contribution in [2.75, 3.05) is 0 Å². The second kappa shape index (κ2) is 6.33. The molecule has 1 aromatic heterocycles. The minimum atomic E-state index is -0.181. The molecular formula is C15H24N2O2. The third-order valence-corrected chi connectivity index (χ3v) is 3.73. The lowest BCUT2D eigenvalue weighted by Crippen LogP contribution is -2.29. The Labute approximate surface area is 114 Å². The summed E-state index contributed by atoms with van der Waals surface area (Å²) < 4.78 is 7.66. The Kier molecular flexibility index (Phi) is 4.75. The Morgan fingerprint density at radius 2 is 2.21 bits per heavy atom. The molecule has 2 heterocycles. The molecule has 3 atom stereocenters. The van der Waals surface area contributed by atoms with Crippen molar-refractivity contribution in [3.63, 3.8) is 0 Å². The maximum absolute atomic E-state index is 12.1. The zero-order chi connectivity index (χ0) is 13.8. The highest BCUT2D eigenvalue weighted by Gasteiger charge is 2.33. The van der Waals surface area contributed by atoms with Gasteiger partial charge in [-0.2, -0.15) is 4.98 Å². The van der Waals surface area contributed by atoms with Crippen LogP contribution in [0.15, 0.2) is 17.1 Å². The van der Waals surface area contributed by atoms with Crippen LogP contribution in [0.4, 0.5) is 0 Å². The first kappa shape index (κ1) is 14.3. The number of aromatic nitrogens is 2. The molecule has 1 saturated heterocycles. The van der Waals surface area contributed by atoms with E-state index in [0.29, 0.717) is 5.92 Å². The fourth-order valence-corrected chi connectivity index (χ4v) is 2.80. The Balaban J connectivity index is 2.16. The highest BCUT2D eigenvalue weighted by molar-refractivity contribution is 5.00. The first-order valence-corrected chi connectivity index (χ1v) is 7.39. The molecule has 1 aliphatic rings. The Morgan fingerprint density at radius 1 is 1.42 bits per heavy atom. The van der Waals surface area contributed by atoms with Gasteiger partial charge in [0.2, 0.25) is 0 Å². The summed E-state index contributed by atoms with van der Waals surface area (Å²) in [6.45, 7) is 6.39. The molecule has 1 fully saturated rings. The van der Waals surface area contributed by atoms with E-state index in [2.05, 4.69) is 25.8 Å². The maximum Gasteiger partial charge on any atom is 0.349 e. The average molecular weight is 264 g/mol. The van der Waals surface area contributed by atoms with E-state index in [4.69, 9.17) is 4.74 Å². The summed E-state index contributed by atoms with van der Waals surface area (Å²) in [6.07, 6.45) is 7.06. The van der Waals surface area contributed by atoms with Gasteiger partial charge in [0.1, 0.15) is 6.23 Å². The van der Waals surface area contributed by atoms with E-state index >= 15 is 0 Å². The van der Waals surface area contributed by atoms with E-state index in [1.165, 1.54) is 0 Å². The van der Waals surface area contributed by atoms with Crippen LogP contribution in [0.2, 0.25) is 0 Å². The molecule has 3 unspecified atom stereocenters. The van der Waals surface area contributed by atoms with Crippen molar-refractivity contribution in [3.05, 3.63) is 28.4 Å². The predicted octanol–water partition coefficient (Wildman–Crippen LogP) is 2.92. The molecule has 1 aliphatic heterocycles. The van der Waals surface area contributed by atoms with Gasteiger partial charge < -0.3 is 4.74 Å². The molecule has 0 aromatic carbocycles. The van der Waals surface area contributed by atoms with Crippen molar-refractivity contribution in [1.82, 2.24) is 9.55 Å². The summed E-state index contributed by atoms with van der Waals surface area (Å²) in [5.74, 6) is 0.369. The molecule has 0 radical (unpaired) electrons. The smallest absolute Gasteiger partial charge is 0.349 e. The van der Waals surface area contributed by atoms with E-state index in [1.807, 2.05) is 12.3 Å². The lowest BCUT2D eigenvalue weighted by molar-refractivity contribution is -0.0162. The van der Waals surface area contributed by atoms with Crippen LogP contribution in [0.3, 0.4) is 0 Å². The topological polar surface area (TPSA) is 44.1 Å². The van der Waals surface area contributed by atoms with Crippen molar-refractivity contribution in [3.8, 4) is 0 Å².